The standard InChI is InChI=1S/C14H15BrN2O2/c15-9-3-4-13-11(6-9)14(12(16)7-17-13)19-8-10-2-1-5-18-10/h3-4,6-7,10H,1-2,5,8,16H2. The molecule has 2 heterocycles. The van der Waals surface area contributed by atoms with Crippen molar-refractivity contribution < 1.29 is 9.47 Å². The Morgan fingerprint density at radius 3 is 3.16 bits per heavy atom. The summed E-state index contributed by atoms with van der Waals surface area (Å²) in [6.07, 6.45) is 3.97. The molecule has 19 heavy (non-hydrogen) atoms. The zero-order valence-corrected chi connectivity index (χ0v) is 12.0. The molecule has 1 atom stereocenters. The van der Waals surface area contributed by atoms with E-state index in [0.717, 1.165) is 34.8 Å². The van der Waals surface area contributed by atoms with E-state index in [1.807, 2.05) is 18.2 Å². The number of rotatable bonds is 3. The molecule has 2 aromatic rings. The molecule has 1 aliphatic heterocycles. The molecule has 5 heteroatoms. The maximum absolute atomic E-state index is 5.98. The Morgan fingerprint density at radius 2 is 2.37 bits per heavy atom. The summed E-state index contributed by atoms with van der Waals surface area (Å²) in [6, 6.07) is 5.87. The van der Waals surface area contributed by atoms with Gasteiger partial charge in [0.15, 0.2) is 5.75 Å². The second-order valence-corrected chi connectivity index (χ2v) is 5.57. The van der Waals surface area contributed by atoms with Crippen molar-refractivity contribution in [2.24, 2.45) is 0 Å². The van der Waals surface area contributed by atoms with Crippen molar-refractivity contribution >= 4 is 32.5 Å². The van der Waals surface area contributed by atoms with Gasteiger partial charge in [-0.15, -0.1) is 0 Å². The van der Waals surface area contributed by atoms with E-state index in [-0.39, 0.29) is 6.10 Å². The molecule has 0 amide bonds. The van der Waals surface area contributed by atoms with Gasteiger partial charge in [0.1, 0.15) is 6.61 Å². The van der Waals surface area contributed by atoms with Gasteiger partial charge in [0, 0.05) is 16.5 Å². The van der Waals surface area contributed by atoms with Crippen molar-refractivity contribution in [1.82, 2.24) is 4.98 Å². The molecule has 100 valence electrons. The van der Waals surface area contributed by atoms with Crippen LogP contribution in [0.5, 0.6) is 5.75 Å². The summed E-state index contributed by atoms with van der Waals surface area (Å²) in [6.45, 7) is 1.36. The second kappa shape index (κ2) is 5.35. The van der Waals surface area contributed by atoms with Gasteiger partial charge in [-0.3, -0.25) is 4.98 Å². The summed E-state index contributed by atoms with van der Waals surface area (Å²) in [7, 11) is 0. The number of nitrogen functional groups attached to an aromatic ring is 1. The molecule has 1 fully saturated rings. The van der Waals surface area contributed by atoms with Gasteiger partial charge in [0.2, 0.25) is 0 Å². The average Bonchev–Trinajstić information content (AvgIpc) is 2.91. The smallest absolute Gasteiger partial charge is 0.153 e. The lowest BCUT2D eigenvalue weighted by Gasteiger charge is -2.14. The first-order chi connectivity index (χ1) is 9.24. The molecule has 0 bridgehead atoms. The van der Waals surface area contributed by atoms with Gasteiger partial charge in [-0.25, -0.2) is 0 Å². The van der Waals surface area contributed by atoms with Crippen LogP contribution in [0.4, 0.5) is 5.69 Å². The quantitative estimate of drug-likeness (QED) is 0.943. The van der Waals surface area contributed by atoms with Gasteiger partial charge in [-0.1, -0.05) is 15.9 Å². The van der Waals surface area contributed by atoms with E-state index in [0.29, 0.717) is 18.0 Å². The zero-order chi connectivity index (χ0) is 13.2. The average molecular weight is 323 g/mol. The molecule has 0 radical (unpaired) electrons. The van der Waals surface area contributed by atoms with Crippen LogP contribution in [-0.2, 0) is 4.74 Å². The summed E-state index contributed by atoms with van der Waals surface area (Å²) < 4.78 is 12.4. The lowest BCUT2D eigenvalue weighted by atomic mass is 10.2. The fourth-order valence-electron chi connectivity index (χ4n) is 2.27. The molecule has 2 N–H and O–H groups in total. The van der Waals surface area contributed by atoms with E-state index in [1.54, 1.807) is 6.20 Å². The monoisotopic (exact) mass is 322 g/mol. The lowest BCUT2D eigenvalue weighted by molar-refractivity contribution is 0.0687. The maximum Gasteiger partial charge on any atom is 0.153 e. The molecule has 0 aliphatic carbocycles. The molecule has 0 saturated carbocycles. The highest BCUT2D eigenvalue weighted by Crippen LogP contribution is 2.32. The largest absolute Gasteiger partial charge is 0.488 e. The predicted molar refractivity (Wildman–Crippen MR) is 78.3 cm³/mol. The third kappa shape index (κ3) is 2.67. The number of anilines is 1. The van der Waals surface area contributed by atoms with Gasteiger partial charge in [-0.2, -0.15) is 0 Å². The van der Waals surface area contributed by atoms with Gasteiger partial charge < -0.3 is 15.2 Å². The van der Waals surface area contributed by atoms with Crippen molar-refractivity contribution in [2.45, 2.75) is 18.9 Å². The Labute approximate surface area is 120 Å². The highest BCUT2D eigenvalue weighted by atomic mass is 79.9. The third-order valence-corrected chi connectivity index (χ3v) is 3.74. The number of hydrogen-bond donors (Lipinski definition) is 1. The minimum atomic E-state index is 0.176. The number of fused-ring (bicyclic) bond motifs is 1. The van der Waals surface area contributed by atoms with Crippen LogP contribution in [-0.4, -0.2) is 24.3 Å². The topological polar surface area (TPSA) is 57.4 Å². The number of ether oxygens (including phenoxy) is 2. The molecule has 1 saturated heterocycles. The van der Waals surface area contributed by atoms with Gasteiger partial charge in [0.25, 0.3) is 0 Å². The second-order valence-electron chi connectivity index (χ2n) is 4.65. The molecular formula is C14H15BrN2O2. The molecular weight excluding hydrogens is 308 g/mol. The fourth-order valence-corrected chi connectivity index (χ4v) is 2.63. The summed E-state index contributed by atoms with van der Waals surface area (Å²) in [5, 5.41) is 0.923. The molecule has 1 unspecified atom stereocenters. The normalized spacial score (nSPS) is 18.9. The minimum absolute atomic E-state index is 0.176. The number of pyridine rings is 1. The first kappa shape index (κ1) is 12.7. The van der Waals surface area contributed by atoms with E-state index in [4.69, 9.17) is 15.2 Å². The maximum atomic E-state index is 5.98. The van der Waals surface area contributed by atoms with Crippen LogP contribution in [0.15, 0.2) is 28.9 Å². The van der Waals surface area contributed by atoms with Gasteiger partial charge in [-0.05, 0) is 31.0 Å². The molecule has 1 aromatic heterocycles. The van der Waals surface area contributed by atoms with E-state index in [9.17, 15) is 0 Å². The van der Waals surface area contributed by atoms with Crippen LogP contribution in [0.25, 0.3) is 10.9 Å². The number of halogens is 1. The lowest BCUT2D eigenvalue weighted by Crippen LogP contribution is -2.17. The van der Waals surface area contributed by atoms with E-state index < -0.39 is 0 Å². The van der Waals surface area contributed by atoms with Crippen LogP contribution < -0.4 is 10.5 Å². The van der Waals surface area contributed by atoms with Crippen LogP contribution in [0.2, 0.25) is 0 Å². The zero-order valence-electron chi connectivity index (χ0n) is 10.4. The van der Waals surface area contributed by atoms with E-state index in [2.05, 4.69) is 20.9 Å². The Morgan fingerprint density at radius 1 is 1.47 bits per heavy atom. The van der Waals surface area contributed by atoms with Crippen molar-refractivity contribution in [2.75, 3.05) is 18.9 Å². The number of hydrogen-bond acceptors (Lipinski definition) is 4. The Balaban J connectivity index is 1.91. The Bertz CT molecular complexity index is 592. The van der Waals surface area contributed by atoms with Crippen LogP contribution >= 0.6 is 15.9 Å². The van der Waals surface area contributed by atoms with Crippen LogP contribution in [0.3, 0.4) is 0 Å². The summed E-state index contributed by atoms with van der Waals surface area (Å²) in [5.74, 6) is 0.696. The molecule has 3 rings (SSSR count). The number of aromatic nitrogens is 1. The number of benzene rings is 1. The number of nitrogens with two attached hydrogens (primary N) is 1. The van der Waals surface area contributed by atoms with Gasteiger partial charge in [0.05, 0.1) is 23.5 Å². The number of nitrogens with zero attached hydrogens (tertiary/aromatic N) is 1. The molecule has 0 spiro atoms. The molecule has 1 aliphatic rings. The van der Waals surface area contributed by atoms with Crippen LogP contribution in [0, 0.1) is 0 Å². The summed E-state index contributed by atoms with van der Waals surface area (Å²) in [5.41, 5.74) is 7.41. The van der Waals surface area contributed by atoms with Gasteiger partial charge >= 0.3 is 0 Å². The van der Waals surface area contributed by atoms with Crippen molar-refractivity contribution in [3.05, 3.63) is 28.9 Å². The first-order valence-electron chi connectivity index (χ1n) is 6.32. The van der Waals surface area contributed by atoms with Crippen molar-refractivity contribution in [1.29, 1.82) is 0 Å². The predicted octanol–water partition coefficient (Wildman–Crippen LogP) is 3.14. The summed E-state index contributed by atoms with van der Waals surface area (Å²) >= 11 is 3.46. The van der Waals surface area contributed by atoms with Crippen LogP contribution in [0.1, 0.15) is 12.8 Å². The third-order valence-electron chi connectivity index (χ3n) is 3.25. The van der Waals surface area contributed by atoms with Crippen molar-refractivity contribution in [3.8, 4) is 5.75 Å². The Hall–Kier alpha value is -1.33. The highest BCUT2D eigenvalue weighted by molar-refractivity contribution is 9.10. The molecule has 1 aromatic carbocycles. The SMILES string of the molecule is Nc1cnc2ccc(Br)cc2c1OCC1CCCO1. The van der Waals surface area contributed by atoms with E-state index >= 15 is 0 Å². The fraction of sp³-hybridized carbons (Fsp3) is 0.357. The van der Waals surface area contributed by atoms with E-state index in [1.165, 1.54) is 0 Å². The molecule has 4 nitrogen and oxygen atoms in total. The first-order valence-corrected chi connectivity index (χ1v) is 7.11. The van der Waals surface area contributed by atoms with Crippen molar-refractivity contribution in [3.63, 3.8) is 0 Å². The Kier molecular flexibility index (Phi) is 3.57. The minimum Gasteiger partial charge on any atom is -0.488 e. The summed E-state index contributed by atoms with van der Waals surface area (Å²) in [4.78, 5) is 4.31. The highest BCUT2D eigenvalue weighted by Gasteiger charge is 2.17.